The number of methoxy groups -OCH3 is 1. The summed E-state index contributed by atoms with van der Waals surface area (Å²) in [6.45, 7) is 4.44. The lowest BCUT2D eigenvalue weighted by Crippen LogP contribution is -3.00. The van der Waals surface area contributed by atoms with Crippen molar-refractivity contribution in [2.24, 2.45) is 5.92 Å². The molecule has 1 fully saturated rings. The first-order chi connectivity index (χ1) is 12.8. The maximum Gasteiger partial charge on any atom is 0.180 e. The van der Waals surface area contributed by atoms with E-state index in [0.29, 0.717) is 23.1 Å². The molecule has 0 atom stereocenters. The Hall–Kier alpha value is -1.24. The van der Waals surface area contributed by atoms with Crippen LogP contribution in [0, 0.1) is 5.92 Å². The molecule has 2 N–H and O–H groups in total. The second kappa shape index (κ2) is 13.1. The van der Waals surface area contributed by atoms with Crippen molar-refractivity contribution in [1.82, 2.24) is 15.6 Å². The Labute approximate surface area is 184 Å². The second-order valence-corrected chi connectivity index (χ2v) is 6.99. The minimum Gasteiger partial charge on any atom is -1.00 e. The summed E-state index contributed by atoms with van der Waals surface area (Å²) in [5.41, 5.74) is 2.08. The molecule has 1 aromatic carbocycles. The van der Waals surface area contributed by atoms with E-state index in [1.54, 1.807) is 19.5 Å². The molecule has 2 aromatic rings. The van der Waals surface area contributed by atoms with Gasteiger partial charge in [-0.25, -0.2) is 0 Å². The largest absolute Gasteiger partial charge is 1.00 e. The van der Waals surface area contributed by atoms with Crippen LogP contribution >= 0.6 is 11.6 Å². The van der Waals surface area contributed by atoms with E-state index < -0.39 is 0 Å². The van der Waals surface area contributed by atoms with Crippen molar-refractivity contribution in [1.29, 1.82) is 0 Å². The van der Waals surface area contributed by atoms with Crippen molar-refractivity contribution in [3.8, 4) is 11.5 Å². The van der Waals surface area contributed by atoms with E-state index in [-0.39, 0.29) is 24.8 Å². The number of halogens is 3. The van der Waals surface area contributed by atoms with Gasteiger partial charge >= 0.3 is 0 Å². The highest BCUT2D eigenvalue weighted by molar-refractivity contribution is 6.32. The van der Waals surface area contributed by atoms with E-state index in [4.69, 9.17) is 21.1 Å². The lowest BCUT2D eigenvalue weighted by molar-refractivity contribution is -0.00100. The Balaban J connectivity index is 0.00000196. The molecule has 0 saturated carbocycles. The summed E-state index contributed by atoms with van der Waals surface area (Å²) in [5, 5.41) is 7.49. The average molecular weight is 447 g/mol. The highest BCUT2D eigenvalue weighted by Gasteiger charge is 2.14. The normalized spacial score (nSPS) is 13.9. The zero-order valence-electron chi connectivity index (χ0n) is 15.9. The van der Waals surface area contributed by atoms with Crippen molar-refractivity contribution in [2.45, 2.75) is 26.0 Å². The molecule has 156 valence electrons. The first kappa shape index (κ1) is 24.8. The Bertz CT molecular complexity index is 699. The fraction of sp³-hybridized carbons (Fsp3) is 0.450. The summed E-state index contributed by atoms with van der Waals surface area (Å²) in [6.07, 6.45) is 5.98. The molecular weight excluding hydrogens is 421 g/mol. The number of hydrogen-bond acceptors (Lipinski definition) is 5. The van der Waals surface area contributed by atoms with E-state index >= 15 is 0 Å². The van der Waals surface area contributed by atoms with Gasteiger partial charge < -0.3 is 44.9 Å². The van der Waals surface area contributed by atoms with Gasteiger partial charge in [0.05, 0.1) is 12.1 Å². The minimum absolute atomic E-state index is 0. The highest BCUT2D eigenvalue weighted by Crippen LogP contribution is 2.37. The summed E-state index contributed by atoms with van der Waals surface area (Å²) in [6, 6.07) is 7.78. The van der Waals surface area contributed by atoms with Crippen LogP contribution in [0.3, 0.4) is 0 Å². The van der Waals surface area contributed by atoms with Crippen LogP contribution in [0.25, 0.3) is 0 Å². The minimum atomic E-state index is 0. The summed E-state index contributed by atoms with van der Waals surface area (Å²) in [4.78, 5) is 4.09. The molecule has 5 nitrogen and oxygen atoms in total. The van der Waals surface area contributed by atoms with Gasteiger partial charge in [-0.1, -0.05) is 17.7 Å². The number of piperidine rings is 1. The van der Waals surface area contributed by atoms with Crippen LogP contribution in [0.2, 0.25) is 5.02 Å². The summed E-state index contributed by atoms with van der Waals surface area (Å²) < 4.78 is 11.4. The van der Waals surface area contributed by atoms with Crippen molar-refractivity contribution >= 4 is 11.6 Å². The van der Waals surface area contributed by atoms with E-state index in [0.717, 1.165) is 43.2 Å². The van der Waals surface area contributed by atoms with Gasteiger partial charge in [0.1, 0.15) is 6.61 Å². The first-order valence-electron chi connectivity index (χ1n) is 9.06. The Morgan fingerprint density at radius 3 is 2.68 bits per heavy atom. The molecule has 1 aliphatic heterocycles. The maximum absolute atomic E-state index is 6.45. The number of nitrogens with one attached hydrogen (secondary N) is 2. The third kappa shape index (κ3) is 7.30. The Kier molecular flexibility index (Phi) is 11.6. The molecule has 0 unspecified atom stereocenters. The van der Waals surface area contributed by atoms with E-state index in [1.807, 2.05) is 24.3 Å². The van der Waals surface area contributed by atoms with Gasteiger partial charge in [-0.05, 0) is 62.2 Å². The zero-order valence-corrected chi connectivity index (χ0v) is 18.2. The summed E-state index contributed by atoms with van der Waals surface area (Å²) in [5.74, 6) is 1.97. The molecule has 28 heavy (non-hydrogen) atoms. The predicted octanol–water partition coefficient (Wildman–Crippen LogP) is -2.58. The standard InChI is InChI=1S/C20H26ClN3O2.2ClH/c1-25-19-10-17(13-24-11-15-4-7-22-8-5-15)9-18(21)20(19)26-14-16-3-2-6-23-12-16;;/h2-3,6,9-10,12,15,22,24H,4-5,7-8,11,13-14H2,1H3;2*1H/p-2. The third-order valence-corrected chi connectivity index (χ3v) is 4.90. The number of rotatable bonds is 8. The van der Waals surface area contributed by atoms with E-state index in [2.05, 4.69) is 15.6 Å². The number of nitrogens with zero attached hydrogens (tertiary/aromatic N) is 1. The number of hydrogen-bond donors (Lipinski definition) is 2. The fourth-order valence-electron chi connectivity index (χ4n) is 3.16. The molecule has 0 radical (unpaired) electrons. The van der Waals surface area contributed by atoms with Gasteiger partial charge in [0.2, 0.25) is 0 Å². The summed E-state index contributed by atoms with van der Waals surface area (Å²) >= 11 is 6.45. The third-order valence-electron chi connectivity index (χ3n) is 4.62. The first-order valence-corrected chi connectivity index (χ1v) is 9.43. The quantitative estimate of drug-likeness (QED) is 0.467. The van der Waals surface area contributed by atoms with Gasteiger partial charge in [-0.2, -0.15) is 0 Å². The van der Waals surface area contributed by atoms with E-state index in [9.17, 15) is 0 Å². The SMILES string of the molecule is COc1cc(CNCC2CCNCC2)cc(Cl)c1OCc1cccnc1.[Cl-].[Cl-]. The summed E-state index contributed by atoms with van der Waals surface area (Å²) in [7, 11) is 1.63. The molecule has 3 rings (SSSR count). The van der Waals surface area contributed by atoms with Gasteiger partial charge in [-0.3, -0.25) is 4.98 Å². The number of ether oxygens (including phenoxy) is 2. The van der Waals surface area contributed by atoms with Crippen molar-refractivity contribution in [3.05, 3.63) is 52.8 Å². The second-order valence-electron chi connectivity index (χ2n) is 6.58. The van der Waals surface area contributed by atoms with Crippen molar-refractivity contribution in [3.63, 3.8) is 0 Å². The van der Waals surface area contributed by atoms with Crippen LogP contribution in [0.15, 0.2) is 36.7 Å². The molecule has 0 aliphatic carbocycles. The van der Waals surface area contributed by atoms with E-state index in [1.165, 1.54) is 12.8 Å². The van der Waals surface area contributed by atoms with Gasteiger partial charge in [-0.15, -0.1) is 0 Å². The lowest BCUT2D eigenvalue weighted by Gasteiger charge is -2.23. The Morgan fingerprint density at radius 2 is 2.00 bits per heavy atom. The van der Waals surface area contributed by atoms with Crippen molar-refractivity contribution in [2.75, 3.05) is 26.7 Å². The molecular formula is C20H26Cl3N3O2-2. The molecule has 1 saturated heterocycles. The monoisotopic (exact) mass is 445 g/mol. The van der Waals surface area contributed by atoms with Crippen molar-refractivity contribution < 1.29 is 34.3 Å². The molecule has 2 heterocycles. The smallest absolute Gasteiger partial charge is 0.180 e. The van der Waals surface area contributed by atoms with Crippen LogP contribution < -0.4 is 44.9 Å². The maximum atomic E-state index is 6.45. The van der Waals surface area contributed by atoms with Crippen LogP contribution in [0.4, 0.5) is 0 Å². The van der Waals surface area contributed by atoms with Gasteiger partial charge in [0, 0.05) is 24.5 Å². The molecule has 0 spiro atoms. The molecule has 0 bridgehead atoms. The molecule has 1 aliphatic rings. The topological polar surface area (TPSA) is 55.4 Å². The molecule has 8 heteroatoms. The lowest BCUT2D eigenvalue weighted by atomic mass is 9.98. The van der Waals surface area contributed by atoms with Crippen LogP contribution in [0.1, 0.15) is 24.0 Å². The predicted molar refractivity (Wildman–Crippen MR) is 104 cm³/mol. The zero-order chi connectivity index (χ0) is 18.2. The van der Waals surface area contributed by atoms with Crippen LogP contribution in [-0.2, 0) is 13.2 Å². The van der Waals surface area contributed by atoms with Crippen LogP contribution in [0.5, 0.6) is 11.5 Å². The van der Waals surface area contributed by atoms with Gasteiger partial charge in [0.15, 0.2) is 11.5 Å². The molecule has 1 aromatic heterocycles. The number of benzene rings is 1. The fourth-order valence-corrected chi connectivity index (χ4v) is 3.45. The van der Waals surface area contributed by atoms with Gasteiger partial charge in [0.25, 0.3) is 0 Å². The Morgan fingerprint density at radius 1 is 1.21 bits per heavy atom. The average Bonchev–Trinajstić information content (AvgIpc) is 2.68. The highest BCUT2D eigenvalue weighted by atomic mass is 35.5. The number of pyridine rings is 1. The van der Waals surface area contributed by atoms with Crippen LogP contribution in [-0.4, -0.2) is 31.7 Å². The number of aromatic nitrogens is 1. The molecule has 0 amide bonds.